The van der Waals surface area contributed by atoms with Gasteiger partial charge in [-0.25, -0.2) is 4.99 Å². The van der Waals surface area contributed by atoms with E-state index in [1.54, 1.807) is 19.1 Å². The maximum absolute atomic E-state index is 12.7. The van der Waals surface area contributed by atoms with Crippen LogP contribution in [0.3, 0.4) is 0 Å². The monoisotopic (exact) mass is 394 g/mol. The molecule has 1 saturated heterocycles. The minimum Gasteiger partial charge on any atom is -0.402 e. The lowest BCUT2D eigenvalue weighted by atomic mass is 9.91. The Morgan fingerprint density at radius 3 is 2.39 bits per heavy atom. The van der Waals surface area contributed by atoms with Gasteiger partial charge in [-0.3, -0.25) is 4.79 Å². The number of benzene rings is 1. The van der Waals surface area contributed by atoms with E-state index in [9.17, 15) is 18.0 Å². The number of carbonyl (C=O) groups excluding carboxylic acids is 1. The van der Waals surface area contributed by atoms with Crippen molar-refractivity contribution < 1.29 is 18.0 Å². The summed E-state index contributed by atoms with van der Waals surface area (Å²) in [6.45, 7) is 5.42. The van der Waals surface area contributed by atoms with Crippen LogP contribution in [0.2, 0.25) is 0 Å². The zero-order chi connectivity index (χ0) is 20.9. The number of rotatable bonds is 6. The van der Waals surface area contributed by atoms with Gasteiger partial charge in [-0.15, -0.1) is 0 Å². The lowest BCUT2D eigenvalue weighted by molar-refractivity contribution is -0.179. The largest absolute Gasteiger partial charge is 0.402 e. The Balaban J connectivity index is 1.99. The number of amides is 1. The standard InChI is InChI=1S/C20H25F3N4O/c1-12(24)9-18(19(25)28)27-13(2)15-5-3-14(4-6-15)10-17-8-7-16(11-26-17)20(21,22)23/h3-6,9,16-17,26H,2,7-8,10-11,24H2,1H3,(H2,25,28)/b12-9+,27-18?. The first kappa shape index (κ1) is 21.7. The first-order valence-electron chi connectivity index (χ1n) is 8.97. The first-order valence-corrected chi connectivity index (χ1v) is 8.97. The summed E-state index contributed by atoms with van der Waals surface area (Å²) in [6.07, 6.45) is -1.49. The van der Waals surface area contributed by atoms with E-state index in [0.717, 1.165) is 5.56 Å². The van der Waals surface area contributed by atoms with E-state index in [-0.39, 0.29) is 24.7 Å². The van der Waals surface area contributed by atoms with Crippen molar-refractivity contribution in [3.63, 3.8) is 0 Å². The summed E-state index contributed by atoms with van der Waals surface area (Å²) in [5.41, 5.74) is 13.3. The highest BCUT2D eigenvalue weighted by Gasteiger charge is 2.41. The molecule has 1 fully saturated rings. The van der Waals surface area contributed by atoms with Gasteiger partial charge in [-0.1, -0.05) is 30.8 Å². The summed E-state index contributed by atoms with van der Waals surface area (Å²) in [4.78, 5) is 15.6. The number of aliphatic imine (C=N–C) groups is 1. The molecule has 2 atom stereocenters. The van der Waals surface area contributed by atoms with Crippen LogP contribution in [0.25, 0.3) is 5.70 Å². The van der Waals surface area contributed by atoms with Crippen molar-refractivity contribution in [2.45, 2.75) is 38.4 Å². The van der Waals surface area contributed by atoms with Gasteiger partial charge in [-0.2, -0.15) is 13.2 Å². The van der Waals surface area contributed by atoms with Crippen LogP contribution in [0.1, 0.15) is 30.9 Å². The van der Waals surface area contributed by atoms with Gasteiger partial charge in [0.05, 0.1) is 11.6 Å². The molecule has 0 spiro atoms. The predicted molar refractivity (Wildman–Crippen MR) is 104 cm³/mol. The summed E-state index contributed by atoms with van der Waals surface area (Å²) in [5, 5.41) is 2.99. The average Bonchev–Trinajstić information content (AvgIpc) is 2.61. The van der Waals surface area contributed by atoms with Gasteiger partial charge in [0.15, 0.2) is 0 Å². The molecule has 1 heterocycles. The SMILES string of the molecule is C=C(N=C(/C=C(\C)N)C(N)=O)c1ccc(CC2CCC(C(F)(F)F)CN2)cc1. The number of carbonyl (C=O) groups is 1. The minimum absolute atomic E-state index is 0.0136. The van der Waals surface area contributed by atoms with Crippen LogP contribution in [-0.2, 0) is 11.2 Å². The van der Waals surface area contributed by atoms with Crippen LogP contribution in [0, 0.1) is 5.92 Å². The molecule has 0 aromatic heterocycles. The molecule has 1 aliphatic rings. The van der Waals surface area contributed by atoms with Crippen molar-refractivity contribution in [3.8, 4) is 0 Å². The molecular formula is C20H25F3N4O. The second-order valence-electron chi connectivity index (χ2n) is 7.02. The molecule has 5 nitrogen and oxygen atoms in total. The van der Waals surface area contributed by atoms with Crippen LogP contribution in [-0.4, -0.2) is 30.4 Å². The van der Waals surface area contributed by atoms with E-state index >= 15 is 0 Å². The van der Waals surface area contributed by atoms with Crippen LogP contribution in [0.4, 0.5) is 13.2 Å². The Kier molecular flexibility index (Phi) is 7.01. The molecule has 0 radical (unpaired) electrons. The summed E-state index contributed by atoms with van der Waals surface area (Å²) in [5.74, 6) is -1.97. The number of halogens is 3. The molecular weight excluding hydrogens is 369 g/mol. The lowest BCUT2D eigenvalue weighted by Crippen LogP contribution is -2.45. The highest BCUT2D eigenvalue weighted by atomic mass is 19.4. The smallest absolute Gasteiger partial charge is 0.393 e. The fourth-order valence-electron chi connectivity index (χ4n) is 3.07. The Morgan fingerprint density at radius 1 is 1.29 bits per heavy atom. The molecule has 1 amide bonds. The van der Waals surface area contributed by atoms with Gasteiger partial charge in [0.25, 0.3) is 5.91 Å². The maximum atomic E-state index is 12.7. The zero-order valence-corrected chi connectivity index (χ0v) is 15.7. The predicted octanol–water partition coefficient (Wildman–Crippen LogP) is 2.92. The van der Waals surface area contributed by atoms with Crippen molar-refractivity contribution >= 4 is 17.3 Å². The summed E-state index contributed by atoms with van der Waals surface area (Å²) < 4.78 is 38.2. The number of nitrogens with one attached hydrogen (secondary N) is 1. The Morgan fingerprint density at radius 2 is 1.93 bits per heavy atom. The molecule has 0 aliphatic carbocycles. The number of alkyl halides is 3. The summed E-state index contributed by atoms with van der Waals surface area (Å²) in [6, 6.07) is 7.38. The van der Waals surface area contributed by atoms with Gasteiger partial charge in [0.1, 0.15) is 5.71 Å². The number of piperidine rings is 1. The van der Waals surface area contributed by atoms with E-state index in [1.807, 2.05) is 12.1 Å². The lowest BCUT2D eigenvalue weighted by Gasteiger charge is -2.31. The van der Waals surface area contributed by atoms with Crippen LogP contribution < -0.4 is 16.8 Å². The maximum Gasteiger partial charge on any atom is 0.393 e. The Labute approximate surface area is 162 Å². The molecule has 152 valence electrons. The van der Waals surface area contributed by atoms with Crippen molar-refractivity contribution in [2.24, 2.45) is 22.4 Å². The third-order valence-electron chi connectivity index (χ3n) is 4.62. The number of hydrogen-bond donors (Lipinski definition) is 3. The van der Waals surface area contributed by atoms with Crippen LogP contribution in [0.15, 0.2) is 47.6 Å². The molecule has 0 saturated carbocycles. The van der Waals surface area contributed by atoms with Crippen LogP contribution in [0.5, 0.6) is 0 Å². The number of nitrogens with zero attached hydrogens (tertiary/aromatic N) is 1. The fraction of sp³-hybridized carbons (Fsp3) is 0.400. The second kappa shape index (κ2) is 9.05. The minimum atomic E-state index is -4.14. The van der Waals surface area contributed by atoms with E-state index in [4.69, 9.17) is 11.5 Å². The molecule has 2 rings (SSSR count). The second-order valence-corrected chi connectivity index (χ2v) is 7.02. The molecule has 1 aliphatic heterocycles. The Hall–Kier alpha value is -2.61. The summed E-state index contributed by atoms with van der Waals surface area (Å²) >= 11 is 0. The third kappa shape index (κ3) is 6.23. The number of allylic oxidation sites excluding steroid dienone is 1. The van der Waals surface area contributed by atoms with Crippen molar-refractivity contribution in [2.75, 3.05) is 6.54 Å². The van der Waals surface area contributed by atoms with Gasteiger partial charge in [0.2, 0.25) is 0 Å². The number of nitrogens with two attached hydrogens (primary N) is 2. The zero-order valence-electron chi connectivity index (χ0n) is 15.7. The molecule has 0 bridgehead atoms. The molecule has 28 heavy (non-hydrogen) atoms. The topological polar surface area (TPSA) is 93.5 Å². The highest BCUT2D eigenvalue weighted by Crippen LogP contribution is 2.32. The summed E-state index contributed by atoms with van der Waals surface area (Å²) in [7, 11) is 0. The van der Waals surface area contributed by atoms with Crippen molar-refractivity contribution in [1.82, 2.24) is 5.32 Å². The van der Waals surface area contributed by atoms with Gasteiger partial charge in [0, 0.05) is 18.3 Å². The van der Waals surface area contributed by atoms with Gasteiger partial charge in [-0.05, 0) is 43.4 Å². The molecule has 8 heteroatoms. The molecule has 2 unspecified atom stereocenters. The normalized spacial score (nSPS) is 21.4. The van der Waals surface area contributed by atoms with E-state index in [0.29, 0.717) is 29.8 Å². The van der Waals surface area contributed by atoms with E-state index in [1.165, 1.54) is 6.08 Å². The molecule has 5 N–H and O–H groups in total. The highest BCUT2D eigenvalue weighted by molar-refractivity contribution is 6.43. The molecule has 1 aromatic rings. The van der Waals surface area contributed by atoms with Crippen molar-refractivity contribution in [3.05, 3.63) is 53.7 Å². The van der Waals surface area contributed by atoms with E-state index in [2.05, 4.69) is 16.9 Å². The van der Waals surface area contributed by atoms with Crippen LogP contribution >= 0.6 is 0 Å². The Bertz CT molecular complexity index is 770. The van der Waals surface area contributed by atoms with Crippen molar-refractivity contribution in [1.29, 1.82) is 0 Å². The van der Waals surface area contributed by atoms with E-state index < -0.39 is 18.0 Å². The first-order chi connectivity index (χ1) is 13.1. The number of primary amides is 1. The molecule has 1 aromatic carbocycles. The average molecular weight is 394 g/mol. The van der Waals surface area contributed by atoms with Gasteiger partial charge >= 0.3 is 6.18 Å². The number of hydrogen-bond acceptors (Lipinski definition) is 4. The third-order valence-corrected chi connectivity index (χ3v) is 4.62. The fourth-order valence-corrected chi connectivity index (χ4v) is 3.07. The quantitative estimate of drug-likeness (QED) is 0.648. The van der Waals surface area contributed by atoms with Gasteiger partial charge < -0.3 is 16.8 Å².